The molecule has 0 unspecified atom stereocenters. The molecular weight excluding hydrogens is 277 g/mol. The van der Waals surface area contributed by atoms with E-state index in [1.54, 1.807) is 12.3 Å². The lowest BCUT2D eigenvalue weighted by atomic mass is 10.2. The SMILES string of the molecule is CC(C)Oc1ncccc1CNCCSC(F)(F)F. The molecule has 0 aromatic carbocycles. The van der Waals surface area contributed by atoms with Gasteiger partial charge < -0.3 is 10.1 Å². The second kappa shape index (κ2) is 7.59. The molecule has 0 radical (unpaired) electrons. The van der Waals surface area contributed by atoms with Crippen LogP contribution in [-0.2, 0) is 6.54 Å². The zero-order chi connectivity index (χ0) is 14.3. The number of pyridine rings is 1. The summed E-state index contributed by atoms with van der Waals surface area (Å²) in [5.41, 5.74) is -3.32. The van der Waals surface area contributed by atoms with E-state index in [1.807, 2.05) is 19.9 Å². The topological polar surface area (TPSA) is 34.1 Å². The normalized spacial score (nSPS) is 11.9. The summed E-state index contributed by atoms with van der Waals surface area (Å²) in [6, 6.07) is 3.61. The van der Waals surface area contributed by atoms with Crippen LogP contribution in [0.4, 0.5) is 13.2 Å². The third kappa shape index (κ3) is 7.27. The van der Waals surface area contributed by atoms with Gasteiger partial charge >= 0.3 is 5.51 Å². The van der Waals surface area contributed by atoms with E-state index in [0.717, 1.165) is 5.56 Å². The standard InChI is InChI=1S/C12H17F3N2OS/c1-9(2)18-11-10(4-3-5-17-11)8-16-6-7-19-12(13,14)15/h3-5,9,16H,6-8H2,1-2H3. The lowest BCUT2D eigenvalue weighted by molar-refractivity contribution is -0.0327. The van der Waals surface area contributed by atoms with E-state index in [9.17, 15) is 13.2 Å². The van der Waals surface area contributed by atoms with Crippen molar-refractivity contribution in [3.63, 3.8) is 0 Å². The van der Waals surface area contributed by atoms with E-state index < -0.39 is 5.51 Å². The van der Waals surface area contributed by atoms with Gasteiger partial charge in [0.2, 0.25) is 5.88 Å². The Bertz CT molecular complexity index is 385. The number of nitrogens with zero attached hydrogens (tertiary/aromatic N) is 1. The second-order valence-electron chi connectivity index (χ2n) is 4.11. The number of rotatable bonds is 7. The maximum absolute atomic E-state index is 11.9. The van der Waals surface area contributed by atoms with Gasteiger partial charge in [-0.2, -0.15) is 13.2 Å². The largest absolute Gasteiger partial charge is 0.475 e. The molecule has 1 aromatic heterocycles. The number of hydrogen-bond acceptors (Lipinski definition) is 4. The van der Waals surface area contributed by atoms with Gasteiger partial charge in [0.05, 0.1) is 6.10 Å². The van der Waals surface area contributed by atoms with Gasteiger partial charge in [0.25, 0.3) is 0 Å². The molecule has 108 valence electrons. The summed E-state index contributed by atoms with van der Waals surface area (Å²) >= 11 is -0.0258. The molecule has 0 atom stereocenters. The van der Waals surface area contributed by atoms with Crippen LogP contribution in [0.3, 0.4) is 0 Å². The van der Waals surface area contributed by atoms with Gasteiger partial charge in [-0.05, 0) is 31.7 Å². The smallest absolute Gasteiger partial charge is 0.441 e. The van der Waals surface area contributed by atoms with Gasteiger partial charge in [-0.1, -0.05) is 6.07 Å². The van der Waals surface area contributed by atoms with Gasteiger partial charge in [0.1, 0.15) is 0 Å². The summed E-state index contributed by atoms with van der Waals surface area (Å²) < 4.78 is 41.3. The quantitative estimate of drug-likeness (QED) is 0.783. The average molecular weight is 294 g/mol. The van der Waals surface area contributed by atoms with Crippen LogP contribution in [0.15, 0.2) is 18.3 Å². The van der Waals surface area contributed by atoms with Crippen molar-refractivity contribution < 1.29 is 17.9 Å². The molecule has 0 fully saturated rings. The van der Waals surface area contributed by atoms with Crippen molar-refractivity contribution in [2.45, 2.75) is 32.0 Å². The predicted octanol–water partition coefficient (Wildman–Crippen LogP) is 3.21. The fourth-order valence-electron chi connectivity index (χ4n) is 1.35. The lowest BCUT2D eigenvalue weighted by Crippen LogP contribution is -2.19. The summed E-state index contributed by atoms with van der Waals surface area (Å²) in [5.74, 6) is 0.512. The van der Waals surface area contributed by atoms with Gasteiger partial charge in [-0.25, -0.2) is 4.98 Å². The van der Waals surface area contributed by atoms with Gasteiger partial charge in [0, 0.05) is 30.6 Å². The average Bonchev–Trinajstić information content (AvgIpc) is 2.28. The molecule has 0 aliphatic rings. The number of aromatic nitrogens is 1. The first-order valence-corrected chi connectivity index (χ1v) is 6.89. The number of hydrogen-bond donors (Lipinski definition) is 1. The van der Waals surface area contributed by atoms with E-state index in [-0.39, 0.29) is 30.2 Å². The van der Waals surface area contributed by atoms with Crippen LogP contribution in [0.2, 0.25) is 0 Å². The van der Waals surface area contributed by atoms with Crippen molar-refractivity contribution >= 4 is 11.8 Å². The lowest BCUT2D eigenvalue weighted by Gasteiger charge is -2.13. The second-order valence-corrected chi connectivity index (χ2v) is 5.27. The van der Waals surface area contributed by atoms with Crippen LogP contribution < -0.4 is 10.1 Å². The molecule has 0 saturated heterocycles. The van der Waals surface area contributed by atoms with Gasteiger partial charge in [-0.15, -0.1) is 0 Å². The Morgan fingerprint density at radius 1 is 1.42 bits per heavy atom. The van der Waals surface area contributed by atoms with Crippen molar-refractivity contribution in [1.82, 2.24) is 10.3 Å². The highest BCUT2D eigenvalue weighted by Gasteiger charge is 2.27. The van der Waals surface area contributed by atoms with Gasteiger partial charge in [0.15, 0.2) is 0 Å². The minimum absolute atomic E-state index is 0.00874. The maximum Gasteiger partial charge on any atom is 0.441 e. The van der Waals surface area contributed by atoms with E-state index in [4.69, 9.17) is 4.74 Å². The van der Waals surface area contributed by atoms with Crippen LogP contribution in [0.1, 0.15) is 19.4 Å². The summed E-state index contributed by atoms with van der Waals surface area (Å²) in [5, 5.41) is 2.95. The molecule has 3 nitrogen and oxygen atoms in total. The third-order valence-electron chi connectivity index (χ3n) is 2.06. The Morgan fingerprint density at radius 2 is 2.16 bits per heavy atom. The highest BCUT2D eigenvalue weighted by atomic mass is 32.2. The molecule has 0 saturated carbocycles. The van der Waals surface area contributed by atoms with E-state index in [2.05, 4.69) is 10.3 Å². The minimum atomic E-state index is -4.16. The molecule has 1 heterocycles. The number of nitrogens with one attached hydrogen (secondary N) is 1. The maximum atomic E-state index is 11.9. The Kier molecular flexibility index (Phi) is 6.44. The number of alkyl halides is 3. The molecule has 0 aliphatic heterocycles. The van der Waals surface area contributed by atoms with E-state index in [0.29, 0.717) is 12.4 Å². The van der Waals surface area contributed by atoms with Crippen molar-refractivity contribution in [3.8, 4) is 5.88 Å². The molecule has 19 heavy (non-hydrogen) atoms. The first-order valence-electron chi connectivity index (χ1n) is 5.90. The molecule has 0 spiro atoms. The van der Waals surface area contributed by atoms with Gasteiger partial charge in [-0.3, -0.25) is 0 Å². The summed E-state index contributed by atoms with van der Waals surface area (Å²) in [4.78, 5) is 4.11. The van der Waals surface area contributed by atoms with Crippen LogP contribution in [0.5, 0.6) is 5.88 Å². The highest BCUT2D eigenvalue weighted by molar-refractivity contribution is 8.00. The number of halogens is 3. The molecular formula is C12H17F3N2OS. The van der Waals surface area contributed by atoms with Crippen LogP contribution >= 0.6 is 11.8 Å². The Hall–Kier alpha value is -0.950. The number of thioether (sulfide) groups is 1. The molecule has 0 aliphatic carbocycles. The van der Waals surface area contributed by atoms with Crippen molar-refractivity contribution in [2.24, 2.45) is 0 Å². The van der Waals surface area contributed by atoms with Crippen LogP contribution in [0.25, 0.3) is 0 Å². The predicted molar refractivity (Wildman–Crippen MR) is 70.2 cm³/mol. The molecule has 1 rings (SSSR count). The third-order valence-corrected chi connectivity index (χ3v) is 2.79. The van der Waals surface area contributed by atoms with Crippen molar-refractivity contribution in [1.29, 1.82) is 0 Å². The molecule has 1 N–H and O–H groups in total. The molecule has 0 amide bonds. The first-order chi connectivity index (χ1) is 8.88. The Labute approximate surface area is 114 Å². The molecule has 0 bridgehead atoms. The van der Waals surface area contributed by atoms with Crippen molar-refractivity contribution in [2.75, 3.05) is 12.3 Å². The zero-order valence-corrected chi connectivity index (χ0v) is 11.6. The monoisotopic (exact) mass is 294 g/mol. The zero-order valence-electron chi connectivity index (χ0n) is 10.8. The summed E-state index contributed by atoms with van der Waals surface area (Å²) in [6.07, 6.45) is 1.63. The van der Waals surface area contributed by atoms with Crippen LogP contribution in [-0.4, -0.2) is 28.9 Å². The highest BCUT2D eigenvalue weighted by Crippen LogP contribution is 2.29. The summed E-state index contributed by atoms with van der Waals surface area (Å²) in [6.45, 7) is 4.51. The summed E-state index contributed by atoms with van der Waals surface area (Å²) in [7, 11) is 0. The Morgan fingerprint density at radius 3 is 2.79 bits per heavy atom. The molecule has 7 heteroatoms. The molecule has 1 aromatic rings. The fourth-order valence-corrected chi connectivity index (χ4v) is 1.83. The number of ether oxygens (including phenoxy) is 1. The van der Waals surface area contributed by atoms with Crippen LogP contribution in [0, 0.1) is 0 Å². The Balaban J connectivity index is 2.36. The fraction of sp³-hybridized carbons (Fsp3) is 0.583. The minimum Gasteiger partial charge on any atom is -0.475 e. The van der Waals surface area contributed by atoms with Crippen molar-refractivity contribution in [3.05, 3.63) is 23.9 Å². The first kappa shape index (κ1) is 16.1. The van der Waals surface area contributed by atoms with E-state index >= 15 is 0 Å². The van der Waals surface area contributed by atoms with E-state index in [1.165, 1.54) is 0 Å².